The van der Waals surface area contributed by atoms with Crippen LogP contribution in [0.2, 0.25) is 0 Å². The summed E-state index contributed by atoms with van der Waals surface area (Å²) in [6.07, 6.45) is -4.20. The number of hydrogen-bond donors (Lipinski definition) is 3. The van der Waals surface area contributed by atoms with Gasteiger partial charge in [0.15, 0.2) is 0 Å². The minimum atomic E-state index is -4.19. The second-order valence-corrected chi connectivity index (χ2v) is 7.77. The summed E-state index contributed by atoms with van der Waals surface area (Å²) >= 11 is 0. The maximum atomic E-state index is 14.5. The number of imidazole rings is 1. The summed E-state index contributed by atoms with van der Waals surface area (Å²) in [5, 5.41) is 2.62. The van der Waals surface area contributed by atoms with Gasteiger partial charge in [-0.05, 0) is 43.2 Å². The molecule has 0 spiro atoms. The third-order valence-electron chi connectivity index (χ3n) is 5.79. The molecule has 1 aromatic heterocycles. The molecule has 0 aliphatic heterocycles. The van der Waals surface area contributed by atoms with E-state index in [1.807, 2.05) is 0 Å². The summed E-state index contributed by atoms with van der Waals surface area (Å²) < 4.78 is 52.6. The van der Waals surface area contributed by atoms with Crippen molar-refractivity contribution in [3.63, 3.8) is 0 Å². The van der Waals surface area contributed by atoms with Crippen LogP contribution in [0.3, 0.4) is 0 Å². The van der Waals surface area contributed by atoms with Gasteiger partial charge in [0.1, 0.15) is 5.82 Å². The number of halogens is 4. The molecule has 164 valence electrons. The normalized spacial score (nSPS) is 18.6. The summed E-state index contributed by atoms with van der Waals surface area (Å²) in [5.41, 5.74) is 1.72. The molecule has 6 nitrogen and oxygen atoms in total. The van der Waals surface area contributed by atoms with E-state index in [4.69, 9.17) is 0 Å². The van der Waals surface area contributed by atoms with Crippen LogP contribution in [0.15, 0.2) is 41.2 Å². The molecule has 10 heteroatoms. The number of nitrogens with zero attached hydrogens (tertiary/aromatic N) is 1. The van der Waals surface area contributed by atoms with E-state index in [2.05, 4.69) is 15.3 Å². The number of alkyl halides is 3. The fourth-order valence-electron chi connectivity index (χ4n) is 3.73. The van der Waals surface area contributed by atoms with Crippen LogP contribution in [0.4, 0.5) is 23.2 Å². The largest absolute Gasteiger partial charge is 0.391 e. The van der Waals surface area contributed by atoms with Gasteiger partial charge in [0.25, 0.3) is 5.91 Å². The van der Waals surface area contributed by atoms with Crippen molar-refractivity contribution < 1.29 is 22.4 Å². The second-order valence-electron chi connectivity index (χ2n) is 7.77. The molecule has 1 aliphatic carbocycles. The molecule has 0 saturated heterocycles. The lowest BCUT2D eigenvalue weighted by molar-refractivity contribution is -0.196. The van der Waals surface area contributed by atoms with Gasteiger partial charge in [-0.25, -0.2) is 9.18 Å². The van der Waals surface area contributed by atoms with Gasteiger partial charge in [0, 0.05) is 36.4 Å². The molecule has 4 rings (SSSR count). The first-order chi connectivity index (χ1) is 14.6. The number of benzene rings is 2. The van der Waals surface area contributed by atoms with Gasteiger partial charge in [-0.15, -0.1) is 0 Å². The van der Waals surface area contributed by atoms with E-state index < -0.39 is 23.8 Å². The van der Waals surface area contributed by atoms with Crippen LogP contribution in [0.25, 0.3) is 11.0 Å². The SMILES string of the molecule is CN(c1ccc(CNC(=O)c2ccc3[nH]c(=O)[nH]c3c2)c(F)c1)[C@H]1C[C@@H](C(F)(F)F)C1. The third-order valence-corrected chi connectivity index (χ3v) is 5.79. The molecule has 1 aliphatic rings. The number of carbonyl (C=O) groups excluding carboxylic acids is 1. The minimum Gasteiger partial charge on any atom is -0.371 e. The van der Waals surface area contributed by atoms with E-state index in [0.29, 0.717) is 22.3 Å². The van der Waals surface area contributed by atoms with Crippen LogP contribution in [-0.2, 0) is 6.54 Å². The van der Waals surface area contributed by atoms with Crippen molar-refractivity contribution in [2.75, 3.05) is 11.9 Å². The van der Waals surface area contributed by atoms with Crippen LogP contribution < -0.4 is 15.9 Å². The molecular formula is C21H20F4N4O2. The maximum absolute atomic E-state index is 14.5. The second kappa shape index (κ2) is 7.75. The molecule has 0 atom stereocenters. The summed E-state index contributed by atoms with van der Waals surface area (Å²) in [7, 11) is 1.65. The first-order valence-corrected chi connectivity index (χ1v) is 9.70. The average molecular weight is 436 g/mol. The Bertz CT molecular complexity index is 1180. The molecule has 1 heterocycles. The molecule has 31 heavy (non-hydrogen) atoms. The highest BCUT2D eigenvalue weighted by atomic mass is 19.4. The molecule has 1 fully saturated rings. The molecule has 2 aromatic carbocycles. The van der Waals surface area contributed by atoms with Crippen molar-refractivity contribution in [3.05, 3.63) is 63.8 Å². The Morgan fingerprint density at radius 2 is 1.84 bits per heavy atom. The Labute approximate surface area is 174 Å². The quantitative estimate of drug-likeness (QED) is 0.534. The van der Waals surface area contributed by atoms with Crippen molar-refractivity contribution in [2.45, 2.75) is 31.6 Å². The first kappa shape index (κ1) is 21.0. The number of amides is 1. The number of hydrogen-bond acceptors (Lipinski definition) is 3. The van der Waals surface area contributed by atoms with Gasteiger partial charge < -0.3 is 20.2 Å². The zero-order valence-corrected chi connectivity index (χ0v) is 16.5. The molecule has 3 N–H and O–H groups in total. The van der Waals surface area contributed by atoms with Gasteiger partial charge in [-0.1, -0.05) is 6.07 Å². The van der Waals surface area contributed by atoms with Gasteiger partial charge in [0.2, 0.25) is 0 Å². The highest BCUT2D eigenvalue weighted by Crippen LogP contribution is 2.43. The maximum Gasteiger partial charge on any atom is 0.391 e. The summed E-state index contributed by atoms with van der Waals surface area (Å²) in [6.45, 7) is -0.0596. The number of nitrogens with one attached hydrogen (secondary N) is 3. The van der Waals surface area contributed by atoms with E-state index in [-0.39, 0.29) is 36.7 Å². The fraction of sp³-hybridized carbons (Fsp3) is 0.333. The predicted molar refractivity (Wildman–Crippen MR) is 107 cm³/mol. The van der Waals surface area contributed by atoms with E-state index in [0.717, 1.165) is 0 Å². The minimum absolute atomic E-state index is 0.00379. The Morgan fingerprint density at radius 3 is 2.52 bits per heavy atom. The molecule has 3 aromatic rings. The van der Waals surface area contributed by atoms with E-state index in [9.17, 15) is 27.2 Å². The average Bonchev–Trinajstić information content (AvgIpc) is 3.03. The summed E-state index contributed by atoms with van der Waals surface area (Å²) in [6, 6.07) is 8.77. The van der Waals surface area contributed by atoms with Gasteiger partial charge in [-0.3, -0.25) is 4.79 Å². The molecule has 0 bridgehead atoms. The summed E-state index contributed by atoms with van der Waals surface area (Å²) in [4.78, 5) is 30.5. The van der Waals surface area contributed by atoms with Crippen LogP contribution in [-0.4, -0.2) is 35.1 Å². The number of rotatable bonds is 5. The number of aromatic amines is 2. The highest BCUT2D eigenvalue weighted by molar-refractivity contribution is 5.97. The van der Waals surface area contributed by atoms with E-state index in [1.165, 1.54) is 18.2 Å². The molecule has 0 unspecified atom stereocenters. The van der Waals surface area contributed by atoms with Gasteiger partial charge in [-0.2, -0.15) is 13.2 Å². The number of carbonyl (C=O) groups is 1. The van der Waals surface area contributed by atoms with Crippen molar-refractivity contribution in [2.24, 2.45) is 5.92 Å². The van der Waals surface area contributed by atoms with Crippen molar-refractivity contribution in [3.8, 4) is 0 Å². The number of aromatic nitrogens is 2. The Kier molecular flexibility index (Phi) is 5.24. The molecular weight excluding hydrogens is 416 g/mol. The van der Waals surface area contributed by atoms with Gasteiger partial charge >= 0.3 is 11.9 Å². The lowest BCUT2D eigenvalue weighted by Gasteiger charge is -2.43. The van der Waals surface area contributed by atoms with Gasteiger partial charge in [0.05, 0.1) is 17.0 Å². The van der Waals surface area contributed by atoms with Crippen LogP contribution in [0.1, 0.15) is 28.8 Å². The van der Waals surface area contributed by atoms with Crippen molar-refractivity contribution >= 4 is 22.6 Å². The summed E-state index contributed by atoms with van der Waals surface area (Å²) in [5.74, 6) is -2.29. The smallest absolute Gasteiger partial charge is 0.371 e. The molecule has 1 amide bonds. The highest BCUT2D eigenvalue weighted by Gasteiger charge is 2.49. The Hall–Kier alpha value is -3.30. The predicted octanol–water partition coefficient (Wildman–Crippen LogP) is 3.70. The third kappa shape index (κ3) is 4.28. The fourth-order valence-corrected chi connectivity index (χ4v) is 3.73. The number of fused-ring (bicyclic) bond motifs is 1. The zero-order valence-electron chi connectivity index (χ0n) is 16.5. The lowest BCUT2D eigenvalue weighted by atomic mass is 9.79. The topological polar surface area (TPSA) is 81.0 Å². The number of H-pyrrole nitrogens is 2. The lowest BCUT2D eigenvalue weighted by Crippen LogP contribution is -2.47. The van der Waals surface area contributed by atoms with E-state index in [1.54, 1.807) is 30.1 Å². The number of anilines is 1. The van der Waals surface area contributed by atoms with Crippen LogP contribution in [0.5, 0.6) is 0 Å². The molecule has 1 saturated carbocycles. The van der Waals surface area contributed by atoms with E-state index >= 15 is 0 Å². The Balaban J connectivity index is 1.38. The van der Waals surface area contributed by atoms with Crippen molar-refractivity contribution in [1.29, 1.82) is 0 Å². The van der Waals surface area contributed by atoms with Crippen LogP contribution in [0, 0.1) is 11.7 Å². The van der Waals surface area contributed by atoms with Crippen LogP contribution >= 0.6 is 0 Å². The zero-order chi connectivity index (χ0) is 22.3. The standard InChI is InChI=1S/C21H20F4N4O2/c1-29(15-7-13(8-15)21(23,24)25)14-4-2-12(16(22)9-14)10-26-19(30)11-3-5-17-18(6-11)28-20(31)27-17/h2-6,9,13,15H,7-8,10H2,1H3,(H,26,30)(H2,27,28,31)/t13-,15+. The first-order valence-electron chi connectivity index (χ1n) is 9.70. The van der Waals surface area contributed by atoms with Crippen molar-refractivity contribution in [1.82, 2.24) is 15.3 Å². The monoisotopic (exact) mass is 436 g/mol. The molecule has 0 radical (unpaired) electrons. The Morgan fingerprint density at radius 1 is 1.13 bits per heavy atom.